The number of carbonyl (C=O) groups excluding carboxylic acids is 2. The first-order chi connectivity index (χ1) is 24.7. The molecule has 51 heavy (non-hydrogen) atoms. The Morgan fingerprint density at radius 1 is 0.608 bits per heavy atom. The number of allylic oxidation sites excluding steroid dienone is 11. The Morgan fingerprint density at radius 2 is 1.12 bits per heavy atom. The van der Waals surface area contributed by atoms with E-state index in [4.69, 9.17) is 19.3 Å². The van der Waals surface area contributed by atoms with Gasteiger partial charge >= 0.3 is 19.8 Å². The monoisotopic (exact) mass is 736 g/mol. The largest absolute Gasteiger partial charge is 0.469 e. The second-order valence-electron chi connectivity index (χ2n) is 12.7. The van der Waals surface area contributed by atoms with Crippen LogP contribution in [-0.2, 0) is 28.2 Å². The van der Waals surface area contributed by atoms with Crippen molar-refractivity contribution in [2.75, 3.05) is 13.2 Å². The molecular formula is C41H69O9P. The van der Waals surface area contributed by atoms with E-state index in [1.165, 1.54) is 38.5 Å². The number of rotatable bonds is 34. The van der Waals surface area contributed by atoms with Crippen LogP contribution < -0.4 is 0 Å². The zero-order valence-electron chi connectivity index (χ0n) is 31.6. The smallest absolute Gasteiger partial charge is 0.462 e. The van der Waals surface area contributed by atoms with Gasteiger partial charge in [-0.05, 0) is 77.0 Å². The first-order valence-corrected chi connectivity index (χ1v) is 20.9. The Hall–Kier alpha value is -2.55. The second-order valence-corrected chi connectivity index (χ2v) is 14.0. The van der Waals surface area contributed by atoms with Crippen molar-refractivity contribution in [3.05, 3.63) is 72.9 Å². The van der Waals surface area contributed by atoms with E-state index in [0.29, 0.717) is 19.3 Å². The Labute approximate surface area is 309 Å². The molecule has 0 radical (unpaired) electrons. The van der Waals surface area contributed by atoms with Crippen molar-refractivity contribution in [1.29, 1.82) is 0 Å². The third-order valence-corrected chi connectivity index (χ3v) is 8.29. The van der Waals surface area contributed by atoms with Crippen LogP contribution in [0.3, 0.4) is 0 Å². The lowest BCUT2D eigenvalue weighted by Crippen LogP contribution is -2.29. The summed E-state index contributed by atoms with van der Waals surface area (Å²) in [7, 11) is -4.81. The molecule has 292 valence electrons. The average Bonchev–Trinajstić information content (AvgIpc) is 3.09. The molecule has 0 saturated carbocycles. The minimum atomic E-state index is -4.81. The summed E-state index contributed by atoms with van der Waals surface area (Å²) in [4.78, 5) is 42.7. The summed E-state index contributed by atoms with van der Waals surface area (Å²) in [6.07, 6.45) is 42.2. The number of phosphoric ester groups is 1. The number of carbonyl (C=O) groups is 2. The topological polar surface area (TPSA) is 140 Å². The highest BCUT2D eigenvalue weighted by Crippen LogP contribution is 2.36. The van der Waals surface area contributed by atoms with E-state index in [-0.39, 0.29) is 19.4 Å². The van der Waals surface area contributed by atoms with Crippen LogP contribution in [0.4, 0.5) is 0 Å². The maximum Gasteiger partial charge on any atom is 0.469 e. The standard InChI is InChI=1S/C41H69O9P/c1-3-5-7-9-11-13-15-17-18-20-22-24-26-28-30-34-40(43)48-36-39(37-49-51(45,46)47)50-41(44)35-31-33-38(42)32-29-27-25-23-21-19-16-14-12-10-8-6-4-2/h11-14,17-19,21,25,27,29,32,38-39,42H,3-10,15-16,20,22-24,26,28,30-31,33-37H2,1-2H3,(H2,45,46,47)/b13-11-,14-12-,18-17-,21-19-,27-25-,32-29+/t38-,39+/m0/s1. The molecule has 2 atom stereocenters. The number of hydrogen-bond acceptors (Lipinski definition) is 7. The summed E-state index contributed by atoms with van der Waals surface area (Å²) in [5, 5.41) is 10.2. The number of aliphatic hydroxyl groups is 1. The fraction of sp³-hybridized carbons (Fsp3) is 0.659. The van der Waals surface area contributed by atoms with E-state index in [9.17, 15) is 19.3 Å². The minimum absolute atomic E-state index is 0.0229. The molecule has 0 spiro atoms. The predicted octanol–water partition coefficient (Wildman–Crippen LogP) is 10.5. The number of hydrogen-bond donors (Lipinski definition) is 3. The molecule has 0 amide bonds. The van der Waals surface area contributed by atoms with Crippen LogP contribution in [0.1, 0.15) is 149 Å². The summed E-state index contributed by atoms with van der Waals surface area (Å²) < 4.78 is 26.2. The molecule has 0 rings (SSSR count). The molecule has 0 aliphatic carbocycles. The predicted molar refractivity (Wildman–Crippen MR) is 208 cm³/mol. The van der Waals surface area contributed by atoms with Gasteiger partial charge in [0, 0.05) is 12.8 Å². The summed E-state index contributed by atoms with van der Waals surface area (Å²) >= 11 is 0. The van der Waals surface area contributed by atoms with Crippen molar-refractivity contribution >= 4 is 19.8 Å². The fourth-order valence-electron chi connectivity index (χ4n) is 4.86. The molecule has 0 saturated heterocycles. The van der Waals surface area contributed by atoms with E-state index in [2.05, 4.69) is 67.0 Å². The van der Waals surface area contributed by atoms with Crippen molar-refractivity contribution in [1.82, 2.24) is 0 Å². The molecular weight excluding hydrogens is 667 g/mol. The van der Waals surface area contributed by atoms with Gasteiger partial charge in [-0.3, -0.25) is 14.1 Å². The SMILES string of the molecule is CCCCC/C=C\C/C=C\C/C=C\C=C\[C@H](O)CCCC(=O)O[C@H](COC(=O)CCCCCCC/C=C\C/C=C\CCCCC)COP(=O)(O)O. The van der Waals surface area contributed by atoms with Gasteiger partial charge in [0.15, 0.2) is 6.10 Å². The first kappa shape index (κ1) is 48.5. The lowest BCUT2D eigenvalue weighted by Gasteiger charge is -2.18. The average molecular weight is 737 g/mol. The Morgan fingerprint density at radius 3 is 1.71 bits per heavy atom. The van der Waals surface area contributed by atoms with Gasteiger partial charge in [0.2, 0.25) is 0 Å². The van der Waals surface area contributed by atoms with Crippen LogP contribution in [0.25, 0.3) is 0 Å². The minimum Gasteiger partial charge on any atom is -0.462 e. The number of unbranched alkanes of at least 4 members (excludes halogenated alkanes) is 11. The van der Waals surface area contributed by atoms with Crippen LogP contribution in [0.2, 0.25) is 0 Å². The number of esters is 2. The Balaban J connectivity index is 4.21. The van der Waals surface area contributed by atoms with Gasteiger partial charge in [-0.2, -0.15) is 0 Å². The van der Waals surface area contributed by atoms with E-state index < -0.39 is 38.6 Å². The number of ether oxygens (including phenoxy) is 2. The van der Waals surface area contributed by atoms with E-state index in [1.54, 1.807) is 12.2 Å². The maximum absolute atomic E-state index is 12.4. The highest BCUT2D eigenvalue weighted by Gasteiger charge is 2.23. The van der Waals surface area contributed by atoms with Gasteiger partial charge in [0.05, 0.1) is 12.7 Å². The molecule has 3 N–H and O–H groups in total. The van der Waals surface area contributed by atoms with Gasteiger partial charge in [0.1, 0.15) is 6.61 Å². The highest BCUT2D eigenvalue weighted by atomic mass is 31.2. The number of aliphatic hydroxyl groups excluding tert-OH is 1. The molecule has 0 fully saturated rings. The summed E-state index contributed by atoms with van der Waals surface area (Å²) in [6, 6.07) is 0. The molecule has 9 nitrogen and oxygen atoms in total. The van der Waals surface area contributed by atoms with Crippen LogP contribution >= 0.6 is 7.82 Å². The fourth-order valence-corrected chi connectivity index (χ4v) is 5.22. The van der Waals surface area contributed by atoms with Crippen molar-refractivity contribution in [2.45, 2.75) is 161 Å². The van der Waals surface area contributed by atoms with E-state index in [1.807, 2.05) is 12.2 Å². The van der Waals surface area contributed by atoms with Crippen LogP contribution in [0, 0.1) is 0 Å². The maximum atomic E-state index is 12.4. The third-order valence-electron chi connectivity index (χ3n) is 7.80. The van der Waals surface area contributed by atoms with Crippen LogP contribution in [0.15, 0.2) is 72.9 Å². The quantitative estimate of drug-likeness (QED) is 0.0194. The zero-order valence-corrected chi connectivity index (χ0v) is 32.5. The molecule has 0 bridgehead atoms. The first-order valence-electron chi connectivity index (χ1n) is 19.3. The number of phosphoric acid groups is 1. The highest BCUT2D eigenvalue weighted by molar-refractivity contribution is 7.46. The van der Waals surface area contributed by atoms with Crippen molar-refractivity contribution in [2.24, 2.45) is 0 Å². The second kappa shape index (κ2) is 35.8. The van der Waals surface area contributed by atoms with Crippen LogP contribution in [0.5, 0.6) is 0 Å². The zero-order chi connectivity index (χ0) is 37.7. The Kier molecular flexibility index (Phi) is 34.0. The van der Waals surface area contributed by atoms with Gasteiger partial charge in [-0.25, -0.2) is 4.57 Å². The third kappa shape index (κ3) is 38.5. The summed E-state index contributed by atoms with van der Waals surface area (Å²) in [5.74, 6) is -1.11. The molecule has 0 aromatic heterocycles. The summed E-state index contributed by atoms with van der Waals surface area (Å²) in [6.45, 7) is 3.43. The lowest BCUT2D eigenvalue weighted by molar-refractivity contribution is -0.161. The van der Waals surface area contributed by atoms with Gasteiger partial charge in [-0.1, -0.05) is 132 Å². The van der Waals surface area contributed by atoms with Gasteiger partial charge in [-0.15, -0.1) is 0 Å². The molecule has 0 unspecified atom stereocenters. The van der Waals surface area contributed by atoms with Crippen molar-refractivity contribution in [3.8, 4) is 0 Å². The molecule has 0 aromatic carbocycles. The molecule has 10 heteroatoms. The molecule has 0 aliphatic rings. The van der Waals surface area contributed by atoms with Crippen molar-refractivity contribution < 1.29 is 43.0 Å². The van der Waals surface area contributed by atoms with Gasteiger partial charge < -0.3 is 24.4 Å². The summed E-state index contributed by atoms with van der Waals surface area (Å²) in [5.41, 5.74) is 0. The van der Waals surface area contributed by atoms with Crippen LogP contribution in [-0.4, -0.2) is 52.3 Å². The molecule has 0 heterocycles. The molecule has 0 aliphatic heterocycles. The van der Waals surface area contributed by atoms with E-state index in [0.717, 1.165) is 64.2 Å². The Bertz CT molecular complexity index is 1070. The lowest BCUT2D eigenvalue weighted by atomic mass is 10.1. The molecule has 0 aromatic rings. The van der Waals surface area contributed by atoms with Gasteiger partial charge in [0.25, 0.3) is 0 Å². The van der Waals surface area contributed by atoms with Crippen molar-refractivity contribution in [3.63, 3.8) is 0 Å². The normalized spacial score (nSPS) is 13.9. The van der Waals surface area contributed by atoms with E-state index >= 15 is 0 Å².